The van der Waals surface area contributed by atoms with Crippen molar-refractivity contribution in [2.24, 2.45) is 0 Å². The highest BCUT2D eigenvalue weighted by molar-refractivity contribution is 5.88. The first-order chi connectivity index (χ1) is 9.74. The number of pyridine rings is 1. The van der Waals surface area contributed by atoms with Gasteiger partial charge in [0.15, 0.2) is 0 Å². The zero-order chi connectivity index (χ0) is 14.4. The lowest BCUT2D eigenvalue weighted by molar-refractivity contribution is 0.0600. The van der Waals surface area contributed by atoms with Crippen LogP contribution in [0.25, 0.3) is 0 Å². The normalized spacial score (nSPS) is 9.60. The van der Waals surface area contributed by atoms with E-state index in [0.717, 1.165) is 0 Å². The molecule has 0 N–H and O–H groups in total. The van der Waals surface area contributed by atoms with Crippen molar-refractivity contribution in [3.8, 4) is 11.8 Å². The molecule has 5 heteroatoms. The summed E-state index contributed by atoms with van der Waals surface area (Å²) < 4.78 is 10.1. The molecular weight excluding hydrogens is 256 g/mol. The Hall–Kier alpha value is -2.87. The first kappa shape index (κ1) is 13.6. The van der Waals surface area contributed by atoms with Gasteiger partial charge in [-0.1, -0.05) is 12.1 Å². The fourth-order valence-corrected chi connectivity index (χ4v) is 1.59. The lowest BCUT2D eigenvalue weighted by Crippen LogP contribution is -2.04. The Morgan fingerprint density at radius 2 is 2.10 bits per heavy atom. The number of para-hydroxylation sites is 1. The maximum Gasteiger partial charge on any atom is 0.339 e. The van der Waals surface area contributed by atoms with Gasteiger partial charge in [-0.05, 0) is 24.3 Å². The molecule has 0 saturated heterocycles. The van der Waals surface area contributed by atoms with E-state index in [-0.39, 0.29) is 6.61 Å². The number of nitrogens with zero attached hydrogens (tertiary/aromatic N) is 2. The van der Waals surface area contributed by atoms with E-state index in [1.54, 1.807) is 36.4 Å². The maximum atomic E-state index is 11.3. The van der Waals surface area contributed by atoms with Crippen LogP contribution in [0.15, 0.2) is 42.6 Å². The topological polar surface area (TPSA) is 72.2 Å². The van der Waals surface area contributed by atoms with Gasteiger partial charge in [-0.3, -0.25) is 4.98 Å². The van der Waals surface area contributed by atoms with Crippen LogP contribution in [-0.4, -0.2) is 18.1 Å². The molecule has 2 rings (SSSR count). The lowest BCUT2D eigenvalue weighted by Gasteiger charge is -2.07. The van der Waals surface area contributed by atoms with E-state index in [2.05, 4.69) is 15.8 Å². The van der Waals surface area contributed by atoms with Gasteiger partial charge in [0.05, 0.1) is 23.9 Å². The van der Waals surface area contributed by atoms with Crippen molar-refractivity contribution in [3.05, 3.63) is 59.4 Å². The van der Waals surface area contributed by atoms with Crippen molar-refractivity contribution in [2.45, 2.75) is 6.61 Å². The average Bonchev–Trinajstić information content (AvgIpc) is 2.53. The molecule has 0 spiro atoms. The number of ether oxygens (including phenoxy) is 2. The third kappa shape index (κ3) is 3.12. The lowest BCUT2D eigenvalue weighted by atomic mass is 10.2. The van der Waals surface area contributed by atoms with Gasteiger partial charge in [-0.25, -0.2) is 4.79 Å². The van der Waals surface area contributed by atoms with Gasteiger partial charge in [0.2, 0.25) is 0 Å². The van der Waals surface area contributed by atoms with Gasteiger partial charge in [0, 0.05) is 6.20 Å². The molecule has 20 heavy (non-hydrogen) atoms. The molecule has 1 heterocycles. The third-order valence-corrected chi connectivity index (χ3v) is 2.63. The molecule has 0 saturated carbocycles. The monoisotopic (exact) mass is 268 g/mol. The minimum Gasteiger partial charge on any atom is -0.486 e. The fourth-order valence-electron chi connectivity index (χ4n) is 1.59. The molecule has 0 bridgehead atoms. The molecular formula is C15H12N2O3. The van der Waals surface area contributed by atoms with Gasteiger partial charge in [0.1, 0.15) is 18.4 Å². The van der Waals surface area contributed by atoms with Crippen molar-refractivity contribution >= 4 is 5.97 Å². The highest BCUT2D eigenvalue weighted by Crippen LogP contribution is 2.17. The molecule has 100 valence electrons. The molecule has 0 fully saturated rings. The molecule has 2 aromatic rings. The summed E-state index contributed by atoms with van der Waals surface area (Å²) in [5.41, 5.74) is 1.51. The molecule has 0 aliphatic rings. The maximum absolute atomic E-state index is 11.3. The number of esters is 1. The number of benzene rings is 1. The van der Waals surface area contributed by atoms with Crippen molar-refractivity contribution in [1.29, 1.82) is 5.26 Å². The molecule has 1 aromatic carbocycles. The van der Waals surface area contributed by atoms with Crippen LogP contribution < -0.4 is 4.74 Å². The van der Waals surface area contributed by atoms with Crippen molar-refractivity contribution < 1.29 is 14.3 Å². The van der Waals surface area contributed by atoms with Crippen LogP contribution >= 0.6 is 0 Å². The first-order valence-electron chi connectivity index (χ1n) is 5.89. The minimum absolute atomic E-state index is 0.222. The van der Waals surface area contributed by atoms with E-state index >= 15 is 0 Å². The van der Waals surface area contributed by atoms with Gasteiger partial charge < -0.3 is 9.47 Å². The Balaban J connectivity index is 2.04. The largest absolute Gasteiger partial charge is 0.486 e. The summed E-state index contributed by atoms with van der Waals surface area (Å²) in [6.07, 6.45) is 1.43. The van der Waals surface area contributed by atoms with E-state index < -0.39 is 5.97 Å². The quantitative estimate of drug-likeness (QED) is 0.796. The summed E-state index contributed by atoms with van der Waals surface area (Å²) in [7, 11) is 1.32. The molecule has 0 amide bonds. The van der Waals surface area contributed by atoms with Crippen LogP contribution in [0.5, 0.6) is 5.75 Å². The molecule has 0 aliphatic carbocycles. The van der Waals surface area contributed by atoms with Crippen molar-refractivity contribution in [3.63, 3.8) is 0 Å². The number of aromatic nitrogens is 1. The smallest absolute Gasteiger partial charge is 0.339 e. The van der Waals surface area contributed by atoms with E-state index in [4.69, 9.17) is 10.00 Å². The second kappa shape index (κ2) is 6.34. The van der Waals surface area contributed by atoms with Gasteiger partial charge in [-0.15, -0.1) is 0 Å². The Morgan fingerprint density at radius 3 is 2.75 bits per heavy atom. The van der Waals surface area contributed by atoms with Crippen LogP contribution in [0.2, 0.25) is 0 Å². The summed E-state index contributed by atoms with van der Waals surface area (Å²) >= 11 is 0. The van der Waals surface area contributed by atoms with Crippen molar-refractivity contribution in [1.82, 2.24) is 4.98 Å². The van der Waals surface area contributed by atoms with E-state index in [1.807, 2.05) is 0 Å². The predicted octanol–water partition coefficient (Wildman–Crippen LogP) is 2.32. The number of hydrogen-bond donors (Lipinski definition) is 0. The molecule has 1 aromatic heterocycles. The van der Waals surface area contributed by atoms with Crippen LogP contribution in [0, 0.1) is 11.3 Å². The number of carbonyl (C=O) groups excluding carboxylic acids is 1. The molecule has 5 nitrogen and oxygen atoms in total. The standard InChI is InChI=1S/C15H12N2O3/c1-19-15(18)12-6-7-13(17-9-12)10-20-14-5-3-2-4-11(14)8-16/h2-7,9H,10H2,1H3. The van der Waals surface area contributed by atoms with E-state index in [0.29, 0.717) is 22.6 Å². The molecule has 0 aliphatic heterocycles. The second-order valence-electron chi connectivity index (χ2n) is 3.93. The number of hydrogen-bond acceptors (Lipinski definition) is 5. The SMILES string of the molecule is COC(=O)c1ccc(COc2ccccc2C#N)nc1. The predicted molar refractivity (Wildman–Crippen MR) is 71.1 cm³/mol. The summed E-state index contributed by atoms with van der Waals surface area (Å²) in [6.45, 7) is 0.222. The summed E-state index contributed by atoms with van der Waals surface area (Å²) in [6, 6.07) is 12.3. The zero-order valence-electron chi connectivity index (χ0n) is 10.9. The Labute approximate surface area is 116 Å². The van der Waals surface area contributed by atoms with Crippen LogP contribution in [0.3, 0.4) is 0 Å². The Bertz CT molecular complexity index is 645. The highest BCUT2D eigenvalue weighted by Gasteiger charge is 2.06. The third-order valence-electron chi connectivity index (χ3n) is 2.63. The Kier molecular flexibility index (Phi) is 4.30. The van der Waals surface area contributed by atoms with Crippen LogP contribution in [0.1, 0.15) is 21.6 Å². The molecule has 0 unspecified atom stereocenters. The van der Waals surface area contributed by atoms with Gasteiger partial charge >= 0.3 is 5.97 Å². The number of methoxy groups -OCH3 is 1. The minimum atomic E-state index is -0.431. The summed E-state index contributed by atoms with van der Waals surface area (Å²) in [5, 5.41) is 8.94. The second-order valence-corrected chi connectivity index (χ2v) is 3.93. The number of nitriles is 1. The summed E-state index contributed by atoms with van der Waals surface area (Å²) in [4.78, 5) is 15.4. The zero-order valence-corrected chi connectivity index (χ0v) is 10.9. The highest BCUT2D eigenvalue weighted by atomic mass is 16.5. The van der Waals surface area contributed by atoms with Crippen LogP contribution in [-0.2, 0) is 11.3 Å². The summed E-state index contributed by atoms with van der Waals surface area (Å²) in [5.74, 6) is 0.0774. The fraction of sp³-hybridized carbons (Fsp3) is 0.133. The number of rotatable bonds is 4. The van der Waals surface area contributed by atoms with E-state index in [9.17, 15) is 4.79 Å². The number of carbonyl (C=O) groups is 1. The van der Waals surface area contributed by atoms with Gasteiger partial charge in [-0.2, -0.15) is 5.26 Å². The Morgan fingerprint density at radius 1 is 1.30 bits per heavy atom. The van der Waals surface area contributed by atoms with Crippen LogP contribution in [0.4, 0.5) is 0 Å². The van der Waals surface area contributed by atoms with Crippen molar-refractivity contribution in [2.75, 3.05) is 7.11 Å². The van der Waals surface area contributed by atoms with E-state index in [1.165, 1.54) is 13.3 Å². The molecule has 0 atom stereocenters. The van der Waals surface area contributed by atoms with Gasteiger partial charge in [0.25, 0.3) is 0 Å². The average molecular weight is 268 g/mol. The first-order valence-corrected chi connectivity index (χ1v) is 5.89. The molecule has 0 radical (unpaired) electrons.